The third kappa shape index (κ3) is 3.49. The molecule has 1 fully saturated rings. The summed E-state index contributed by atoms with van der Waals surface area (Å²) in [5.41, 5.74) is 0.810. The Kier molecular flexibility index (Phi) is 4.89. The van der Waals surface area contributed by atoms with Crippen molar-refractivity contribution in [3.05, 3.63) is 16.0 Å². The monoisotopic (exact) mass is 323 g/mol. The summed E-state index contributed by atoms with van der Waals surface area (Å²) in [6.07, 6.45) is 1.84. The van der Waals surface area contributed by atoms with Crippen molar-refractivity contribution < 1.29 is 13.2 Å². The first-order chi connectivity index (χ1) is 8.91. The van der Waals surface area contributed by atoms with Crippen molar-refractivity contribution >= 4 is 33.0 Å². The molecule has 2 rings (SSSR count). The van der Waals surface area contributed by atoms with Gasteiger partial charge in [-0.05, 0) is 37.3 Å². The van der Waals surface area contributed by atoms with Crippen LogP contribution >= 0.6 is 22.9 Å². The van der Waals surface area contributed by atoms with Crippen molar-refractivity contribution in [1.82, 2.24) is 4.31 Å². The van der Waals surface area contributed by atoms with Crippen molar-refractivity contribution in [2.24, 2.45) is 5.92 Å². The van der Waals surface area contributed by atoms with E-state index in [-0.39, 0.29) is 0 Å². The van der Waals surface area contributed by atoms with Crippen molar-refractivity contribution in [2.75, 3.05) is 26.8 Å². The van der Waals surface area contributed by atoms with Gasteiger partial charge in [0.15, 0.2) is 0 Å². The standard InChI is InChI=1S/C12H18ClNO3S2/c1-9-7-11(18-12(9)13)19(15,16)14(2)8-10-3-5-17-6-4-10/h7,10H,3-6,8H2,1-2H3. The molecule has 0 amide bonds. The average Bonchev–Trinajstić information content (AvgIpc) is 2.71. The van der Waals surface area contributed by atoms with Gasteiger partial charge in [-0.2, -0.15) is 4.31 Å². The minimum absolute atomic E-state index is 0.324. The van der Waals surface area contributed by atoms with E-state index in [1.165, 1.54) is 4.31 Å². The van der Waals surface area contributed by atoms with Gasteiger partial charge in [0.1, 0.15) is 4.21 Å². The fraction of sp³-hybridized carbons (Fsp3) is 0.667. The lowest BCUT2D eigenvalue weighted by molar-refractivity contribution is 0.0620. The van der Waals surface area contributed by atoms with Crippen LogP contribution in [0.3, 0.4) is 0 Å². The third-order valence-electron chi connectivity index (χ3n) is 3.36. The molecule has 0 aliphatic carbocycles. The van der Waals surface area contributed by atoms with Crippen molar-refractivity contribution in [1.29, 1.82) is 0 Å². The predicted octanol–water partition coefficient (Wildman–Crippen LogP) is 2.76. The molecule has 1 aliphatic heterocycles. The van der Waals surface area contributed by atoms with Crippen LogP contribution in [0.2, 0.25) is 4.34 Å². The summed E-state index contributed by atoms with van der Waals surface area (Å²) in [5, 5.41) is 0. The van der Waals surface area contributed by atoms with E-state index < -0.39 is 10.0 Å². The van der Waals surface area contributed by atoms with Gasteiger partial charge in [-0.25, -0.2) is 8.42 Å². The maximum Gasteiger partial charge on any atom is 0.252 e. The van der Waals surface area contributed by atoms with Crippen LogP contribution in [0.4, 0.5) is 0 Å². The van der Waals surface area contributed by atoms with E-state index in [0.717, 1.165) is 43.0 Å². The summed E-state index contributed by atoms with van der Waals surface area (Å²) in [6.45, 7) is 3.81. The maximum atomic E-state index is 12.4. The molecule has 0 atom stereocenters. The second-order valence-electron chi connectivity index (χ2n) is 4.86. The summed E-state index contributed by atoms with van der Waals surface area (Å²) in [7, 11) is -1.78. The van der Waals surface area contributed by atoms with Crippen molar-refractivity contribution in [3.8, 4) is 0 Å². The van der Waals surface area contributed by atoms with E-state index in [9.17, 15) is 8.42 Å². The molecule has 1 aromatic rings. The molecule has 2 heterocycles. The molecule has 0 saturated carbocycles. The number of hydrogen-bond acceptors (Lipinski definition) is 4. The number of hydrogen-bond donors (Lipinski definition) is 0. The Bertz CT molecular complexity index is 516. The van der Waals surface area contributed by atoms with Crippen molar-refractivity contribution in [3.63, 3.8) is 0 Å². The molecule has 1 aliphatic rings. The Hall–Kier alpha value is -0.140. The van der Waals surface area contributed by atoms with Gasteiger partial charge in [-0.1, -0.05) is 11.6 Å². The van der Waals surface area contributed by atoms with Crippen LogP contribution in [0.15, 0.2) is 10.3 Å². The van der Waals surface area contributed by atoms with Gasteiger partial charge in [0.2, 0.25) is 0 Å². The van der Waals surface area contributed by atoms with Crippen molar-refractivity contribution in [2.45, 2.75) is 24.0 Å². The van der Waals surface area contributed by atoms with Crippen LogP contribution < -0.4 is 0 Å². The molecule has 19 heavy (non-hydrogen) atoms. The first-order valence-corrected chi connectivity index (χ1v) is 8.84. The molecule has 7 heteroatoms. The third-order valence-corrected chi connectivity index (χ3v) is 7.18. The summed E-state index contributed by atoms with van der Waals surface area (Å²) < 4.78 is 32.4. The van der Waals surface area contributed by atoms with E-state index in [1.807, 2.05) is 6.92 Å². The summed E-state index contributed by atoms with van der Waals surface area (Å²) in [6, 6.07) is 1.64. The van der Waals surface area contributed by atoms with Gasteiger partial charge in [0.05, 0.1) is 4.34 Å². The molecule has 0 unspecified atom stereocenters. The van der Waals surface area contributed by atoms with Crippen LogP contribution in [-0.4, -0.2) is 39.5 Å². The molecule has 0 bridgehead atoms. The number of nitrogens with zero attached hydrogens (tertiary/aromatic N) is 1. The molecule has 0 N–H and O–H groups in total. The van der Waals surface area contributed by atoms with Crippen LogP contribution in [0.25, 0.3) is 0 Å². The SMILES string of the molecule is Cc1cc(S(=O)(=O)N(C)CC2CCOCC2)sc1Cl. The molecule has 1 saturated heterocycles. The predicted molar refractivity (Wildman–Crippen MR) is 77.4 cm³/mol. The molecular formula is C12H18ClNO3S2. The quantitative estimate of drug-likeness (QED) is 0.856. The van der Waals surface area contributed by atoms with Gasteiger partial charge in [-0.15, -0.1) is 11.3 Å². The Morgan fingerprint density at radius 1 is 1.47 bits per heavy atom. The summed E-state index contributed by atoms with van der Waals surface area (Å²) in [5.74, 6) is 0.380. The molecule has 4 nitrogen and oxygen atoms in total. The first-order valence-electron chi connectivity index (χ1n) is 6.21. The molecular weight excluding hydrogens is 306 g/mol. The number of rotatable bonds is 4. The molecule has 108 valence electrons. The zero-order valence-electron chi connectivity index (χ0n) is 11.1. The topological polar surface area (TPSA) is 46.6 Å². The second kappa shape index (κ2) is 6.10. The lowest BCUT2D eigenvalue weighted by atomic mass is 10.0. The number of ether oxygens (including phenoxy) is 1. The van der Waals surface area contributed by atoms with Gasteiger partial charge in [0, 0.05) is 26.8 Å². The zero-order valence-corrected chi connectivity index (χ0v) is 13.4. The second-order valence-corrected chi connectivity index (χ2v) is 8.79. The smallest absolute Gasteiger partial charge is 0.252 e. The summed E-state index contributed by atoms with van der Waals surface area (Å²) >= 11 is 7.07. The fourth-order valence-electron chi connectivity index (χ4n) is 2.10. The largest absolute Gasteiger partial charge is 0.381 e. The lowest BCUT2D eigenvalue weighted by Crippen LogP contribution is -2.33. The van der Waals surface area contributed by atoms with Gasteiger partial charge < -0.3 is 4.74 Å². The van der Waals surface area contributed by atoms with E-state index >= 15 is 0 Å². The highest BCUT2D eigenvalue weighted by Crippen LogP contribution is 2.32. The van der Waals surface area contributed by atoms with Gasteiger partial charge in [0.25, 0.3) is 10.0 Å². The van der Waals surface area contributed by atoms with E-state index in [0.29, 0.717) is 21.0 Å². The Labute approximate surface area is 123 Å². The Morgan fingerprint density at radius 3 is 2.63 bits per heavy atom. The number of sulfonamides is 1. The first kappa shape index (κ1) is 15.3. The normalized spacial score (nSPS) is 18.1. The van der Waals surface area contributed by atoms with Gasteiger partial charge in [-0.3, -0.25) is 0 Å². The number of thiophene rings is 1. The number of aryl methyl sites for hydroxylation is 1. The Morgan fingerprint density at radius 2 is 2.11 bits per heavy atom. The number of halogens is 1. The highest BCUT2D eigenvalue weighted by molar-refractivity contribution is 7.91. The van der Waals surface area contributed by atoms with E-state index in [4.69, 9.17) is 16.3 Å². The van der Waals surface area contributed by atoms with Crippen LogP contribution in [0.1, 0.15) is 18.4 Å². The summed E-state index contributed by atoms with van der Waals surface area (Å²) in [4.78, 5) is 0. The minimum atomic E-state index is -3.41. The van der Waals surface area contributed by atoms with Gasteiger partial charge >= 0.3 is 0 Å². The fourth-order valence-corrected chi connectivity index (χ4v) is 5.27. The zero-order chi connectivity index (χ0) is 14.0. The Balaban J connectivity index is 2.10. The molecule has 0 radical (unpaired) electrons. The van der Waals surface area contributed by atoms with E-state index in [2.05, 4.69) is 0 Å². The molecule has 0 aromatic carbocycles. The lowest BCUT2D eigenvalue weighted by Gasteiger charge is -2.26. The van der Waals surface area contributed by atoms with Crippen LogP contribution in [0, 0.1) is 12.8 Å². The molecule has 0 spiro atoms. The minimum Gasteiger partial charge on any atom is -0.381 e. The highest BCUT2D eigenvalue weighted by atomic mass is 35.5. The molecule has 1 aromatic heterocycles. The maximum absolute atomic E-state index is 12.4. The highest BCUT2D eigenvalue weighted by Gasteiger charge is 2.26. The average molecular weight is 324 g/mol. The van der Waals surface area contributed by atoms with E-state index in [1.54, 1.807) is 13.1 Å². The van der Waals surface area contributed by atoms with Crippen LogP contribution in [0.5, 0.6) is 0 Å². The van der Waals surface area contributed by atoms with Crippen LogP contribution in [-0.2, 0) is 14.8 Å².